The monoisotopic (exact) mass is 416 g/mol. The van der Waals surface area contributed by atoms with Crippen LogP contribution in [-0.2, 0) is 17.9 Å². The molecule has 4 aromatic rings. The molecule has 3 N–H and O–H groups in total. The molecular weight excluding hydrogens is 388 g/mol. The molecule has 31 heavy (non-hydrogen) atoms. The summed E-state index contributed by atoms with van der Waals surface area (Å²) in [5, 5.41) is 4.71. The number of nitrogens with two attached hydrogens (primary N) is 1. The highest BCUT2D eigenvalue weighted by molar-refractivity contribution is 6.07. The number of aromatic nitrogens is 4. The van der Waals surface area contributed by atoms with Crippen LogP contribution in [-0.4, -0.2) is 38.7 Å². The minimum Gasteiger partial charge on any atom is -0.382 e. The number of pyridine rings is 2. The lowest BCUT2D eigenvalue weighted by Crippen LogP contribution is -2.37. The highest BCUT2D eigenvalue weighted by Crippen LogP contribution is 2.32. The minimum atomic E-state index is 0.422. The number of piperidine rings is 1. The van der Waals surface area contributed by atoms with Crippen LogP contribution in [0, 0.1) is 0 Å². The maximum Gasteiger partial charge on any atom is 0.152 e. The van der Waals surface area contributed by atoms with Crippen LogP contribution in [0.1, 0.15) is 32.0 Å². The normalized spacial score (nSPS) is 16.9. The number of hydrogen-bond donors (Lipinski definition) is 2. The molecule has 160 valence electrons. The number of rotatable bonds is 6. The summed E-state index contributed by atoms with van der Waals surface area (Å²) in [5.74, 6) is 1.36. The molecule has 1 unspecified atom stereocenters. The third kappa shape index (κ3) is 3.86. The number of benzene rings is 1. The van der Waals surface area contributed by atoms with E-state index in [-0.39, 0.29) is 0 Å². The maximum atomic E-state index is 6.40. The number of nitrogen functional groups attached to an aromatic ring is 1. The van der Waals surface area contributed by atoms with Gasteiger partial charge in [-0.25, -0.2) is 9.97 Å². The van der Waals surface area contributed by atoms with E-state index in [1.165, 1.54) is 12.8 Å². The zero-order valence-electron chi connectivity index (χ0n) is 17.8. The van der Waals surface area contributed by atoms with Gasteiger partial charge >= 0.3 is 0 Å². The van der Waals surface area contributed by atoms with Gasteiger partial charge in [0.05, 0.1) is 11.0 Å². The third-order valence-electron chi connectivity index (χ3n) is 6.03. The number of fused-ring (bicyclic) bond motifs is 3. The van der Waals surface area contributed by atoms with E-state index < -0.39 is 0 Å². The van der Waals surface area contributed by atoms with Gasteiger partial charge in [-0.3, -0.25) is 4.98 Å². The molecule has 3 aromatic heterocycles. The molecule has 1 aliphatic rings. The van der Waals surface area contributed by atoms with Crippen LogP contribution >= 0.6 is 0 Å². The molecule has 7 heteroatoms. The van der Waals surface area contributed by atoms with Gasteiger partial charge in [-0.1, -0.05) is 24.6 Å². The number of nitrogens with zero attached hydrogens (tertiary/aromatic N) is 4. The van der Waals surface area contributed by atoms with Crippen molar-refractivity contribution in [2.75, 3.05) is 18.9 Å². The van der Waals surface area contributed by atoms with Crippen molar-refractivity contribution in [3.8, 4) is 11.1 Å². The lowest BCUT2D eigenvalue weighted by Gasteiger charge is -2.25. The lowest BCUT2D eigenvalue weighted by atomic mass is 10.0. The summed E-state index contributed by atoms with van der Waals surface area (Å²) in [5.41, 5.74) is 11.2. The first-order chi connectivity index (χ1) is 15.2. The van der Waals surface area contributed by atoms with E-state index in [2.05, 4.69) is 39.1 Å². The van der Waals surface area contributed by atoms with E-state index in [0.717, 1.165) is 58.4 Å². The van der Waals surface area contributed by atoms with Crippen LogP contribution in [0.5, 0.6) is 0 Å². The molecule has 0 radical (unpaired) electrons. The van der Waals surface area contributed by atoms with Gasteiger partial charge in [0.1, 0.15) is 17.9 Å². The van der Waals surface area contributed by atoms with Gasteiger partial charge in [-0.05, 0) is 44.0 Å². The SMILES string of the molecule is CCOCc1nc2c(N)nc3cc(-c4cccnc4)ccc3c2n1CC1CCCCN1. The Morgan fingerprint density at radius 1 is 1.19 bits per heavy atom. The summed E-state index contributed by atoms with van der Waals surface area (Å²) in [6.45, 7) is 5.03. The topological polar surface area (TPSA) is 90.9 Å². The zero-order valence-corrected chi connectivity index (χ0v) is 17.8. The predicted octanol–water partition coefficient (Wildman–Crippen LogP) is 3.91. The molecule has 0 spiro atoms. The molecule has 4 heterocycles. The molecule has 1 aromatic carbocycles. The van der Waals surface area contributed by atoms with Crippen LogP contribution in [0.25, 0.3) is 33.1 Å². The Labute approximate surface area is 181 Å². The molecule has 7 nitrogen and oxygen atoms in total. The van der Waals surface area contributed by atoms with Gasteiger partial charge in [-0.2, -0.15) is 0 Å². The Morgan fingerprint density at radius 3 is 2.90 bits per heavy atom. The predicted molar refractivity (Wildman–Crippen MR) is 124 cm³/mol. The molecule has 5 rings (SSSR count). The molecule has 0 saturated carbocycles. The van der Waals surface area contributed by atoms with Crippen molar-refractivity contribution in [1.82, 2.24) is 24.8 Å². The van der Waals surface area contributed by atoms with Crippen molar-refractivity contribution in [1.29, 1.82) is 0 Å². The zero-order chi connectivity index (χ0) is 21.2. The van der Waals surface area contributed by atoms with Crippen LogP contribution in [0.15, 0.2) is 42.7 Å². The molecule has 1 fully saturated rings. The highest BCUT2D eigenvalue weighted by atomic mass is 16.5. The van der Waals surface area contributed by atoms with E-state index in [1.807, 2.05) is 19.2 Å². The van der Waals surface area contributed by atoms with Crippen LogP contribution in [0.2, 0.25) is 0 Å². The fourth-order valence-corrected chi connectivity index (χ4v) is 4.47. The largest absolute Gasteiger partial charge is 0.382 e. The summed E-state index contributed by atoms with van der Waals surface area (Å²) < 4.78 is 8.03. The molecule has 0 bridgehead atoms. The molecule has 0 amide bonds. The molecule has 1 aliphatic heterocycles. The van der Waals surface area contributed by atoms with E-state index in [0.29, 0.717) is 25.1 Å². The standard InChI is InChI=1S/C24H28N6O/c1-2-31-15-21-29-22-23(30(21)14-18-7-3-4-11-27-18)19-9-8-16(12-20(19)28-24(22)25)17-6-5-10-26-13-17/h5-6,8-10,12-13,18,27H,2-4,7,11,14-15H2,1H3,(H2,25,28). The minimum absolute atomic E-state index is 0.422. The quantitative estimate of drug-likeness (QED) is 0.495. The second-order valence-corrected chi connectivity index (χ2v) is 8.09. The second kappa shape index (κ2) is 8.61. The van der Waals surface area contributed by atoms with Gasteiger partial charge in [0.15, 0.2) is 5.82 Å². The van der Waals surface area contributed by atoms with Gasteiger partial charge < -0.3 is 20.4 Å². The van der Waals surface area contributed by atoms with Crippen molar-refractivity contribution in [2.45, 2.75) is 45.4 Å². The summed E-state index contributed by atoms with van der Waals surface area (Å²) in [6.07, 6.45) is 7.30. The Kier molecular flexibility index (Phi) is 5.53. The Balaban J connectivity index is 1.67. The summed E-state index contributed by atoms with van der Waals surface area (Å²) in [6, 6.07) is 10.7. The maximum absolute atomic E-state index is 6.40. The number of imidazole rings is 1. The number of ether oxygens (including phenoxy) is 1. The molecule has 0 aliphatic carbocycles. The van der Waals surface area contributed by atoms with Crippen molar-refractivity contribution >= 4 is 27.8 Å². The number of anilines is 1. The summed E-state index contributed by atoms with van der Waals surface area (Å²) in [7, 11) is 0. The van der Waals surface area contributed by atoms with E-state index >= 15 is 0 Å². The molecule has 1 atom stereocenters. The smallest absolute Gasteiger partial charge is 0.152 e. The fraction of sp³-hybridized carbons (Fsp3) is 0.375. The fourth-order valence-electron chi connectivity index (χ4n) is 4.47. The Morgan fingerprint density at radius 2 is 2.13 bits per heavy atom. The first-order valence-corrected chi connectivity index (χ1v) is 11.0. The van der Waals surface area contributed by atoms with Crippen LogP contribution < -0.4 is 11.1 Å². The van der Waals surface area contributed by atoms with Crippen molar-refractivity contribution in [3.05, 3.63) is 48.5 Å². The van der Waals surface area contributed by atoms with Crippen molar-refractivity contribution in [2.24, 2.45) is 0 Å². The number of hydrogen-bond acceptors (Lipinski definition) is 6. The van der Waals surface area contributed by atoms with E-state index in [4.69, 9.17) is 20.4 Å². The Bertz CT molecular complexity index is 1200. The number of nitrogens with one attached hydrogen (secondary N) is 1. The molecule has 1 saturated heterocycles. The van der Waals surface area contributed by atoms with Gasteiger partial charge in [-0.15, -0.1) is 0 Å². The first kappa shape index (κ1) is 19.9. The van der Waals surface area contributed by atoms with Crippen molar-refractivity contribution in [3.63, 3.8) is 0 Å². The van der Waals surface area contributed by atoms with E-state index in [1.54, 1.807) is 6.20 Å². The summed E-state index contributed by atoms with van der Waals surface area (Å²) in [4.78, 5) is 13.8. The average molecular weight is 417 g/mol. The van der Waals surface area contributed by atoms with Gasteiger partial charge in [0.25, 0.3) is 0 Å². The van der Waals surface area contributed by atoms with Crippen LogP contribution in [0.3, 0.4) is 0 Å². The van der Waals surface area contributed by atoms with E-state index in [9.17, 15) is 0 Å². The van der Waals surface area contributed by atoms with Crippen molar-refractivity contribution < 1.29 is 4.74 Å². The van der Waals surface area contributed by atoms with Gasteiger partial charge in [0.2, 0.25) is 0 Å². The Hall–Kier alpha value is -3.03. The highest BCUT2D eigenvalue weighted by Gasteiger charge is 2.21. The van der Waals surface area contributed by atoms with Crippen LogP contribution in [0.4, 0.5) is 5.82 Å². The first-order valence-electron chi connectivity index (χ1n) is 11.0. The second-order valence-electron chi connectivity index (χ2n) is 8.09. The third-order valence-corrected chi connectivity index (χ3v) is 6.03. The average Bonchev–Trinajstić information content (AvgIpc) is 3.17. The van der Waals surface area contributed by atoms with Gasteiger partial charge in [0, 0.05) is 42.5 Å². The summed E-state index contributed by atoms with van der Waals surface area (Å²) >= 11 is 0. The molecular formula is C24H28N6O. The lowest BCUT2D eigenvalue weighted by molar-refractivity contribution is 0.125.